The molecule has 2 unspecified atom stereocenters. The van der Waals surface area contributed by atoms with Crippen LogP contribution in [-0.4, -0.2) is 83.5 Å². The number of fused-ring (bicyclic) bond motifs is 4. The summed E-state index contributed by atoms with van der Waals surface area (Å²) in [5, 5.41) is 13.8. The number of morpholine rings is 1. The number of rotatable bonds is 7. The molecule has 2 bridgehead atoms. The SMILES string of the molecule is N#Cc1c(N)sc2c(F)c(F)cc(-c3ncc4c(N5CC6CCC(C5)N6)nc(OCC5(CN6CCOC7(CC7)C6)CC5)nc4c3F)c12. The van der Waals surface area contributed by atoms with Crippen LogP contribution >= 0.6 is 11.3 Å². The van der Waals surface area contributed by atoms with Gasteiger partial charge in [0.15, 0.2) is 17.5 Å². The summed E-state index contributed by atoms with van der Waals surface area (Å²) in [5.74, 6) is -2.64. The van der Waals surface area contributed by atoms with Crippen LogP contribution < -0.4 is 20.7 Å². The van der Waals surface area contributed by atoms with Crippen LogP contribution in [0.4, 0.5) is 24.0 Å². The van der Waals surface area contributed by atoms with E-state index in [1.54, 1.807) is 0 Å². The second kappa shape index (κ2) is 10.6. The van der Waals surface area contributed by atoms with Gasteiger partial charge in [0.1, 0.15) is 28.1 Å². The van der Waals surface area contributed by atoms with Gasteiger partial charge in [-0.15, -0.1) is 11.3 Å². The fourth-order valence-corrected chi connectivity index (χ4v) is 8.70. The molecule has 3 aliphatic heterocycles. The Bertz CT molecular complexity index is 1980. The molecule has 2 atom stereocenters. The maximum absolute atomic E-state index is 16.7. The molecule has 10 nitrogen and oxygen atoms in total. The Hall–Kier alpha value is -3.77. The van der Waals surface area contributed by atoms with Gasteiger partial charge >= 0.3 is 6.01 Å². The van der Waals surface area contributed by atoms with Crippen LogP contribution in [0.5, 0.6) is 6.01 Å². The number of piperazine rings is 1. The Kier molecular flexibility index (Phi) is 6.64. The van der Waals surface area contributed by atoms with Gasteiger partial charge in [0.05, 0.1) is 34.5 Å². The average molecular weight is 663 g/mol. The molecule has 5 aliphatic rings. The van der Waals surface area contributed by atoms with Crippen LogP contribution in [0.25, 0.3) is 32.2 Å². The largest absolute Gasteiger partial charge is 0.463 e. The van der Waals surface area contributed by atoms with Crippen LogP contribution in [0.2, 0.25) is 0 Å². The maximum atomic E-state index is 16.7. The van der Waals surface area contributed by atoms with E-state index in [9.17, 15) is 14.0 Å². The third kappa shape index (κ3) is 4.97. The molecule has 9 rings (SSSR count). The quantitative estimate of drug-likeness (QED) is 0.287. The number of aromatic nitrogens is 3. The number of nitrogens with two attached hydrogens (primary N) is 1. The monoisotopic (exact) mass is 662 g/mol. The molecule has 4 aromatic rings. The Balaban J connectivity index is 1.11. The van der Waals surface area contributed by atoms with Gasteiger partial charge in [-0.2, -0.15) is 15.2 Å². The van der Waals surface area contributed by atoms with Gasteiger partial charge in [-0.1, -0.05) is 0 Å². The first-order chi connectivity index (χ1) is 22.7. The molecule has 3 aromatic heterocycles. The molecule has 3 N–H and O–H groups in total. The highest BCUT2D eigenvalue weighted by Gasteiger charge is 2.51. The minimum Gasteiger partial charge on any atom is -0.463 e. The molecular weight excluding hydrogens is 629 g/mol. The zero-order chi connectivity index (χ0) is 32.1. The lowest BCUT2D eigenvalue weighted by atomic mass is 10.0. The van der Waals surface area contributed by atoms with Crippen LogP contribution in [0, 0.1) is 34.2 Å². The van der Waals surface area contributed by atoms with Crippen molar-refractivity contribution in [3.05, 3.63) is 35.3 Å². The van der Waals surface area contributed by atoms with Crippen LogP contribution in [0.15, 0.2) is 12.3 Å². The van der Waals surface area contributed by atoms with Crippen molar-refractivity contribution in [1.82, 2.24) is 25.2 Å². The first-order valence-electron chi connectivity index (χ1n) is 16.2. The minimum absolute atomic E-state index is 0.0152. The fourth-order valence-electron chi connectivity index (χ4n) is 7.73. The first-order valence-corrected chi connectivity index (χ1v) is 17.0. The van der Waals surface area contributed by atoms with E-state index < -0.39 is 17.5 Å². The third-order valence-electron chi connectivity index (χ3n) is 10.6. The van der Waals surface area contributed by atoms with Crippen LogP contribution in [-0.2, 0) is 4.74 Å². The zero-order valence-electron chi connectivity index (χ0n) is 25.6. The number of benzene rings is 1. The average Bonchev–Trinajstić information content (AvgIpc) is 3.95. The zero-order valence-corrected chi connectivity index (χ0v) is 26.4. The van der Waals surface area contributed by atoms with E-state index >= 15 is 4.39 Å². The molecule has 14 heteroatoms. The van der Waals surface area contributed by atoms with E-state index in [4.69, 9.17) is 20.2 Å². The molecule has 5 fully saturated rings. The lowest BCUT2D eigenvalue weighted by Crippen LogP contribution is -2.51. The summed E-state index contributed by atoms with van der Waals surface area (Å²) in [4.78, 5) is 18.4. The van der Waals surface area contributed by atoms with Crippen LogP contribution in [0.3, 0.4) is 0 Å². The molecule has 1 aromatic carbocycles. The second-order valence-electron chi connectivity index (χ2n) is 14.0. The topological polar surface area (TPSA) is 125 Å². The van der Waals surface area contributed by atoms with Gasteiger partial charge in [0, 0.05) is 67.4 Å². The van der Waals surface area contributed by atoms with E-state index in [1.165, 1.54) is 6.20 Å². The van der Waals surface area contributed by atoms with E-state index in [-0.39, 0.29) is 54.5 Å². The summed E-state index contributed by atoms with van der Waals surface area (Å²) < 4.78 is 58.6. The predicted molar refractivity (Wildman–Crippen MR) is 171 cm³/mol. The third-order valence-corrected chi connectivity index (χ3v) is 11.6. The Labute approximate surface area is 272 Å². The molecule has 47 heavy (non-hydrogen) atoms. The van der Waals surface area contributed by atoms with E-state index in [2.05, 4.69) is 25.1 Å². The highest BCUT2D eigenvalue weighted by atomic mass is 32.1. The summed E-state index contributed by atoms with van der Waals surface area (Å²) in [6.45, 7) is 5.27. The van der Waals surface area contributed by atoms with Gasteiger partial charge in [-0.25, -0.2) is 13.2 Å². The highest BCUT2D eigenvalue weighted by Crippen LogP contribution is 2.49. The molecule has 2 saturated carbocycles. The van der Waals surface area contributed by atoms with Gasteiger partial charge in [-0.05, 0) is 44.6 Å². The Morgan fingerprint density at radius 1 is 1.13 bits per heavy atom. The molecule has 0 radical (unpaired) electrons. The number of pyridine rings is 1. The predicted octanol–water partition coefficient (Wildman–Crippen LogP) is 4.74. The number of hydrogen-bond donors (Lipinski definition) is 2. The maximum Gasteiger partial charge on any atom is 0.319 e. The van der Waals surface area contributed by atoms with Crippen molar-refractivity contribution in [3.8, 4) is 23.3 Å². The van der Waals surface area contributed by atoms with Gasteiger partial charge in [0.2, 0.25) is 0 Å². The van der Waals surface area contributed by atoms with Gasteiger partial charge < -0.3 is 25.4 Å². The standard InChI is InChI=1S/C33H33F3N8O2S/c34-22-9-19(23-20(10-37)29(38)47-28(23)24(22)35)26-25(36)27-21(11-39-26)30(44-12-17-1-2-18(13-44)40-17)42-31(41-27)45-16-32(3-4-32)14-43-7-8-46-33(15-43)5-6-33/h9,11,17-18,40H,1-8,12-16,38H2. The number of halogens is 3. The molecular formula is C33H33F3N8O2S. The number of nitrogens with one attached hydrogen (secondary N) is 1. The summed E-state index contributed by atoms with van der Waals surface area (Å²) >= 11 is 0.744. The van der Waals surface area contributed by atoms with E-state index in [1.807, 2.05) is 6.07 Å². The van der Waals surface area contributed by atoms with Crippen molar-refractivity contribution in [3.63, 3.8) is 0 Å². The molecule has 3 saturated heterocycles. The second-order valence-corrected chi connectivity index (χ2v) is 15.0. The Morgan fingerprint density at radius 2 is 1.91 bits per heavy atom. The van der Waals surface area contributed by atoms with Crippen molar-refractivity contribution < 1.29 is 22.6 Å². The number of ether oxygens (including phenoxy) is 2. The smallest absolute Gasteiger partial charge is 0.319 e. The molecule has 6 heterocycles. The van der Waals surface area contributed by atoms with Crippen molar-refractivity contribution in [2.24, 2.45) is 5.41 Å². The van der Waals surface area contributed by atoms with Gasteiger partial charge in [0.25, 0.3) is 0 Å². The molecule has 2 aliphatic carbocycles. The molecule has 0 amide bonds. The lowest BCUT2D eigenvalue weighted by Gasteiger charge is -2.35. The van der Waals surface area contributed by atoms with Crippen molar-refractivity contribution in [1.29, 1.82) is 5.26 Å². The number of hydrogen-bond acceptors (Lipinski definition) is 11. The summed E-state index contributed by atoms with van der Waals surface area (Å²) in [7, 11) is 0. The number of nitriles is 1. The van der Waals surface area contributed by atoms with Gasteiger partial charge in [-0.3, -0.25) is 9.88 Å². The lowest BCUT2D eigenvalue weighted by molar-refractivity contribution is -0.0532. The minimum atomic E-state index is -1.19. The van der Waals surface area contributed by atoms with E-state index in [0.717, 1.165) is 82.2 Å². The number of nitrogen functional groups attached to an aromatic ring is 1. The van der Waals surface area contributed by atoms with E-state index in [0.29, 0.717) is 43.0 Å². The Morgan fingerprint density at radius 3 is 2.64 bits per heavy atom. The normalized spacial score (nSPS) is 24.3. The van der Waals surface area contributed by atoms with Crippen molar-refractivity contribution >= 4 is 43.1 Å². The molecule has 244 valence electrons. The summed E-state index contributed by atoms with van der Waals surface area (Å²) in [6.07, 6.45) is 7.85. The van der Waals surface area contributed by atoms with Crippen LogP contribution in [0.1, 0.15) is 44.1 Å². The fraction of sp³-hybridized carbons (Fsp3) is 0.515. The summed E-state index contributed by atoms with van der Waals surface area (Å²) in [6, 6.07) is 3.47. The highest BCUT2D eigenvalue weighted by molar-refractivity contribution is 7.23. The summed E-state index contributed by atoms with van der Waals surface area (Å²) in [5.41, 5.74) is 5.60. The van der Waals surface area contributed by atoms with Crippen molar-refractivity contribution in [2.45, 2.75) is 56.2 Å². The number of nitrogens with zero attached hydrogens (tertiary/aromatic N) is 6. The molecule has 1 spiro atoms. The van der Waals surface area contributed by atoms with Crippen molar-refractivity contribution in [2.75, 3.05) is 56.6 Å². The number of thiophene rings is 1. The number of anilines is 2. The first kappa shape index (κ1) is 29.4.